The van der Waals surface area contributed by atoms with Gasteiger partial charge in [-0.25, -0.2) is 0 Å². The number of piperidine rings is 1. The molecule has 1 saturated heterocycles. The van der Waals surface area contributed by atoms with E-state index in [9.17, 15) is 4.79 Å². The van der Waals surface area contributed by atoms with Gasteiger partial charge in [0.05, 0.1) is 0 Å². The summed E-state index contributed by atoms with van der Waals surface area (Å²) in [4.78, 5) is 10.9. The van der Waals surface area contributed by atoms with Crippen LogP contribution in [-0.4, -0.2) is 23.7 Å². The molecular formula is C9H15NO2. The van der Waals surface area contributed by atoms with Gasteiger partial charge in [0.2, 0.25) is 0 Å². The number of hydrogen-bond donors (Lipinski definition) is 2. The zero-order valence-corrected chi connectivity index (χ0v) is 7.72. The molecule has 2 N–H and O–H groups in total. The quantitative estimate of drug-likeness (QED) is 0.607. The predicted molar refractivity (Wildman–Crippen MR) is 44.8 cm³/mol. The van der Waals surface area contributed by atoms with Gasteiger partial charge in [0, 0.05) is 5.41 Å². The fraction of sp³-hybridized carbons (Fsp3) is 0.889. The lowest BCUT2D eigenvalue weighted by atomic mass is 9.90. The van der Waals surface area contributed by atoms with Crippen LogP contribution in [0.2, 0.25) is 0 Å². The molecule has 2 rings (SSSR count). The van der Waals surface area contributed by atoms with Gasteiger partial charge >= 0.3 is 5.97 Å². The predicted octanol–water partition coefficient (Wildman–Crippen LogP) is 0.705. The van der Waals surface area contributed by atoms with E-state index in [1.54, 1.807) is 0 Å². The van der Waals surface area contributed by atoms with Crippen LogP contribution in [0.5, 0.6) is 0 Å². The van der Waals surface area contributed by atoms with E-state index < -0.39 is 5.97 Å². The molecule has 3 heteroatoms. The van der Waals surface area contributed by atoms with E-state index in [0.717, 1.165) is 6.54 Å². The molecule has 3 nitrogen and oxygen atoms in total. The molecule has 0 radical (unpaired) electrons. The van der Waals surface area contributed by atoms with Crippen molar-refractivity contribution in [3.63, 3.8) is 0 Å². The monoisotopic (exact) mass is 169 g/mol. The largest absolute Gasteiger partial charge is 0.480 e. The first-order valence-electron chi connectivity index (χ1n) is 4.38. The molecule has 3 atom stereocenters. The van der Waals surface area contributed by atoms with Crippen LogP contribution in [0.15, 0.2) is 0 Å². The average Bonchev–Trinajstić information content (AvgIpc) is 2.31. The lowest BCUT2D eigenvalue weighted by Gasteiger charge is -2.21. The maximum absolute atomic E-state index is 10.9. The number of carboxylic acid groups (broad SMARTS) is 1. The highest BCUT2D eigenvalue weighted by molar-refractivity contribution is 5.77. The van der Waals surface area contributed by atoms with Crippen molar-refractivity contribution in [3.8, 4) is 0 Å². The first kappa shape index (κ1) is 8.05. The Morgan fingerprint density at radius 3 is 2.33 bits per heavy atom. The van der Waals surface area contributed by atoms with Gasteiger partial charge in [0.25, 0.3) is 0 Å². The molecule has 3 unspecified atom stereocenters. The summed E-state index contributed by atoms with van der Waals surface area (Å²) >= 11 is 0. The highest BCUT2D eigenvalue weighted by Crippen LogP contribution is 2.72. The summed E-state index contributed by atoms with van der Waals surface area (Å²) in [6.45, 7) is 7.26. The Morgan fingerprint density at radius 1 is 1.50 bits per heavy atom. The Bertz CT molecular complexity index is 249. The Morgan fingerprint density at radius 2 is 2.08 bits per heavy atom. The summed E-state index contributed by atoms with van der Waals surface area (Å²) in [6.07, 6.45) is 0. The molecule has 68 valence electrons. The minimum atomic E-state index is -0.703. The third-order valence-electron chi connectivity index (χ3n) is 4.27. The molecule has 0 spiro atoms. The van der Waals surface area contributed by atoms with E-state index in [2.05, 4.69) is 26.1 Å². The second kappa shape index (κ2) is 1.84. The molecule has 1 saturated carbocycles. The van der Waals surface area contributed by atoms with Crippen LogP contribution < -0.4 is 5.32 Å². The summed E-state index contributed by atoms with van der Waals surface area (Å²) in [5.74, 6) is -0.156. The van der Waals surface area contributed by atoms with Crippen molar-refractivity contribution >= 4 is 5.97 Å². The zero-order valence-electron chi connectivity index (χ0n) is 7.72. The first-order chi connectivity index (χ1) is 5.42. The van der Waals surface area contributed by atoms with Gasteiger partial charge in [-0.05, 0) is 17.9 Å². The van der Waals surface area contributed by atoms with Crippen LogP contribution in [0.4, 0.5) is 0 Å². The van der Waals surface area contributed by atoms with E-state index in [-0.39, 0.29) is 16.9 Å². The van der Waals surface area contributed by atoms with Gasteiger partial charge < -0.3 is 10.4 Å². The number of rotatable bonds is 1. The maximum Gasteiger partial charge on any atom is 0.321 e. The summed E-state index contributed by atoms with van der Waals surface area (Å²) in [6, 6.07) is -0.336. The highest BCUT2D eigenvalue weighted by atomic mass is 16.4. The molecule has 0 aromatic rings. The van der Waals surface area contributed by atoms with Crippen LogP contribution in [0.3, 0.4) is 0 Å². The van der Waals surface area contributed by atoms with Crippen molar-refractivity contribution in [2.45, 2.75) is 26.8 Å². The van der Waals surface area contributed by atoms with Crippen LogP contribution in [0.25, 0.3) is 0 Å². The molecular weight excluding hydrogens is 154 g/mol. The summed E-state index contributed by atoms with van der Waals surface area (Å²) < 4.78 is 0. The Labute approximate surface area is 72.2 Å². The van der Waals surface area contributed by atoms with Crippen LogP contribution in [-0.2, 0) is 4.79 Å². The zero-order chi connectivity index (χ0) is 9.15. The smallest absolute Gasteiger partial charge is 0.321 e. The lowest BCUT2D eigenvalue weighted by molar-refractivity contribution is -0.141. The van der Waals surface area contributed by atoms with Crippen molar-refractivity contribution < 1.29 is 9.90 Å². The van der Waals surface area contributed by atoms with Crippen molar-refractivity contribution in [2.24, 2.45) is 16.7 Å². The van der Waals surface area contributed by atoms with Crippen molar-refractivity contribution in [2.75, 3.05) is 6.54 Å². The fourth-order valence-electron chi connectivity index (χ4n) is 2.97. The molecule has 2 aliphatic rings. The van der Waals surface area contributed by atoms with Gasteiger partial charge in [-0.3, -0.25) is 4.79 Å². The highest BCUT2D eigenvalue weighted by Gasteiger charge is 2.75. The number of fused-ring (bicyclic) bond motifs is 1. The number of carbonyl (C=O) groups is 1. The van der Waals surface area contributed by atoms with Gasteiger partial charge in [0.15, 0.2) is 0 Å². The second-order valence-corrected chi connectivity index (χ2v) is 4.74. The number of hydrogen-bond acceptors (Lipinski definition) is 2. The molecule has 0 bridgehead atoms. The summed E-state index contributed by atoms with van der Waals surface area (Å²) in [7, 11) is 0. The Hall–Kier alpha value is -0.570. The SMILES string of the molecule is CC1(C)C2CNC(C(=O)O)C21C. The molecule has 1 heterocycles. The lowest BCUT2D eigenvalue weighted by Crippen LogP contribution is -2.41. The third-order valence-corrected chi connectivity index (χ3v) is 4.27. The maximum atomic E-state index is 10.9. The number of aliphatic carboxylic acids is 1. The fourth-order valence-corrected chi connectivity index (χ4v) is 2.97. The molecule has 0 aromatic heterocycles. The van der Waals surface area contributed by atoms with Crippen molar-refractivity contribution in [3.05, 3.63) is 0 Å². The van der Waals surface area contributed by atoms with Crippen LogP contribution in [0.1, 0.15) is 20.8 Å². The molecule has 0 amide bonds. The van der Waals surface area contributed by atoms with Crippen LogP contribution in [0, 0.1) is 16.7 Å². The minimum absolute atomic E-state index is 0.0150. The van der Waals surface area contributed by atoms with Gasteiger partial charge in [-0.15, -0.1) is 0 Å². The van der Waals surface area contributed by atoms with E-state index in [1.807, 2.05) is 0 Å². The second-order valence-electron chi connectivity index (χ2n) is 4.74. The van der Waals surface area contributed by atoms with Gasteiger partial charge in [0.1, 0.15) is 6.04 Å². The van der Waals surface area contributed by atoms with Gasteiger partial charge in [-0.2, -0.15) is 0 Å². The van der Waals surface area contributed by atoms with E-state index in [0.29, 0.717) is 5.92 Å². The molecule has 12 heavy (non-hydrogen) atoms. The average molecular weight is 169 g/mol. The van der Waals surface area contributed by atoms with E-state index in [1.165, 1.54) is 0 Å². The number of nitrogens with one attached hydrogen (secondary N) is 1. The third kappa shape index (κ3) is 0.600. The standard InChI is InChI=1S/C9H15NO2/c1-8(2)5-4-10-6(7(11)12)9(5,8)3/h5-6,10H,4H2,1-3H3,(H,11,12). The van der Waals surface area contributed by atoms with Gasteiger partial charge in [-0.1, -0.05) is 20.8 Å². The topological polar surface area (TPSA) is 49.3 Å². The van der Waals surface area contributed by atoms with E-state index in [4.69, 9.17) is 5.11 Å². The van der Waals surface area contributed by atoms with Crippen molar-refractivity contribution in [1.29, 1.82) is 0 Å². The molecule has 0 aromatic carbocycles. The molecule has 1 aliphatic carbocycles. The number of carboxylic acids is 1. The normalized spacial score (nSPS) is 48.6. The first-order valence-corrected chi connectivity index (χ1v) is 4.38. The van der Waals surface area contributed by atoms with Crippen molar-refractivity contribution in [1.82, 2.24) is 5.32 Å². The summed E-state index contributed by atoms with van der Waals surface area (Å²) in [5, 5.41) is 12.0. The Balaban J connectivity index is 2.28. The molecule has 1 aliphatic heterocycles. The van der Waals surface area contributed by atoms with E-state index >= 15 is 0 Å². The van der Waals surface area contributed by atoms with Crippen LogP contribution >= 0.6 is 0 Å². The summed E-state index contributed by atoms with van der Waals surface area (Å²) in [5.41, 5.74) is 0.195. The Kier molecular flexibility index (Phi) is 1.24. The minimum Gasteiger partial charge on any atom is -0.480 e. The molecule has 2 fully saturated rings.